The lowest BCUT2D eigenvalue weighted by atomic mass is 9.95. The molecule has 2 aliphatic heterocycles. The zero-order valence-electron chi connectivity index (χ0n) is 14.0. The highest BCUT2D eigenvalue weighted by atomic mass is 32.2. The number of rotatable bonds is 3. The number of hydrogen-bond acceptors (Lipinski definition) is 4. The molecule has 2 aliphatic rings. The summed E-state index contributed by atoms with van der Waals surface area (Å²) in [5.74, 6) is -0.769. The molecule has 134 valence electrons. The minimum atomic E-state index is -3.24. The molecule has 0 aromatic heterocycles. The van der Waals surface area contributed by atoms with Gasteiger partial charge in [0.25, 0.3) is 0 Å². The van der Waals surface area contributed by atoms with Crippen molar-refractivity contribution in [3.05, 3.63) is 48.0 Å². The first-order valence-corrected chi connectivity index (χ1v) is 10.2. The van der Waals surface area contributed by atoms with Crippen molar-refractivity contribution in [1.82, 2.24) is 10.2 Å². The fourth-order valence-corrected chi connectivity index (χ4v) is 5.20. The molecule has 2 unspecified atom stereocenters. The van der Waals surface area contributed by atoms with E-state index in [0.29, 0.717) is 19.5 Å². The summed E-state index contributed by atoms with van der Waals surface area (Å²) in [6.45, 7) is 4.45. The average Bonchev–Trinajstić information content (AvgIpc) is 2.60. The van der Waals surface area contributed by atoms with Crippen LogP contribution in [0.15, 0.2) is 36.9 Å². The highest BCUT2D eigenvalue weighted by molar-refractivity contribution is 7.90. The van der Waals surface area contributed by atoms with Gasteiger partial charge in [-0.3, -0.25) is 9.59 Å². The van der Waals surface area contributed by atoms with Gasteiger partial charge in [-0.05, 0) is 30.0 Å². The van der Waals surface area contributed by atoms with E-state index in [1.165, 1.54) is 6.08 Å². The van der Waals surface area contributed by atoms with E-state index in [-0.39, 0.29) is 29.2 Å². The molecule has 6 nitrogen and oxygen atoms in total. The van der Waals surface area contributed by atoms with Gasteiger partial charge in [0.2, 0.25) is 11.8 Å². The number of carbonyl (C=O) groups is 2. The zero-order valence-corrected chi connectivity index (χ0v) is 14.8. The second-order valence-electron chi connectivity index (χ2n) is 6.64. The third-order valence-corrected chi connectivity index (χ3v) is 6.41. The van der Waals surface area contributed by atoms with Crippen LogP contribution in [0.5, 0.6) is 0 Å². The molecule has 0 aliphatic carbocycles. The summed E-state index contributed by atoms with van der Waals surface area (Å²) in [6, 6.07) is 6.77. The highest BCUT2D eigenvalue weighted by Gasteiger charge is 2.33. The van der Waals surface area contributed by atoms with Gasteiger partial charge in [-0.1, -0.05) is 30.8 Å². The fourth-order valence-electron chi connectivity index (χ4n) is 3.57. The molecule has 0 bridgehead atoms. The van der Waals surface area contributed by atoms with Crippen molar-refractivity contribution in [2.24, 2.45) is 5.92 Å². The molecule has 2 heterocycles. The number of nitrogens with one attached hydrogen (secondary N) is 1. The predicted octanol–water partition coefficient (Wildman–Crippen LogP) is 1.20. The fraction of sp³-hybridized carbons (Fsp3) is 0.444. The lowest BCUT2D eigenvalue weighted by Gasteiger charge is -2.33. The number of hydrogen-bond donors (Lipinski definition) is 1. The zero-order chi connectivity index (χ0) is 18.0. The van der Waals surface area contributed by atoms with E-state index in [9.17, 15) is 18.0 Å². The Hall–Kier alpha value is -2.15. The van der Waals surface area contributed by atoms with Crippen molar-refractivity contribution >= 4 is 21.7 Å². The first kappa shape index (κ1) is 17.7. The van der Waals surface area contributed by atoms with Gasteiger partial charge in [-0.15, -0.1) is 0 Å². The Morgan fingerprint density at radius 1 is 1.28 bits per heavy atom. The van der Waals surface area contributed by atoms with Gasteiger partial charge in [0.15, 0.2) is 9.84 Å². The van der Waals surface area contributed by atoms with Crippen LogP contribution in [0.1, 0.15) is 30.0 Å². The lowest BCUT2D eigenvalue weighted by molar-refractivity contribution is -0.132. The summed E-state index contributed by atoms with van der Waals surface area (Å²) in [5, 5.41) is 2.90. The quantitative estimate of drug-likeness (QED) is 0.819. The Kier molecular flexibility index (Phi) is 4.94. The molecule has 3 rings (SSSR count). The summed E-state index contributed by atoms with van der Waals surface area (Å²) in [4.78, 5) is 26.1. The third-order valence-electron chi connectivity index (χ3n) is 4.82. The van der Waals surface area contributed by atoms with Crippen LogP contribution in [0.4, 0.5) is 0 Å². The Morgan fingerprint density at radius 3 is 2.80 bits per heavy atom. The summed E-state index contributed by atoms with van der Waals surface area (Å²) < 4.78 is 24.3. The number of carbonyl (C=O) groups excluding carboxylic acids is 2. The van der Waals surface area contributed by atoms with Gasteiger partial charge in [0, 0.05) is 13.1 Å². The van der Waals surface area contributed by atoms with Crippen LogP contribution in [0, 0.1) is 5.92 Å². The second kappa shape index (κ2) is 7.00. The molecule has 2 amide bonds. The van der Waals surface area contributed by atoms with Crippen LogP contribution in [0.3, 0.4) is 0 Å². The van der Waals surface area contributed by atoms with Crippen molar-refractivity contribution in [3.63, 3.8) is 0 Å². The summed E-state index contributed by atoms with van der Waals surface area (Å²) in [5.41, 5.74) is 1.60. The summed E-state index contributed by atoms with van der Waals surface area (Å²) in [6.07, 6.45) is 2.69. The molecular weight excluding hydrogens is 340 g/mol. The van der Waals surface area contributed by atoms with E-state index < -0.39 is 15.9 Å². The first-order chi connectivity index (χ1) is 11.9. The summed E-state index contributed by atoms with van der Waals surface area (Å²) >= 11 is 0. The van der Waals surface area contributed by atoms with Crippen molar-refractivity contribution in [1.29, 1.82) is 0 Å². The van der Waals surface area contributed by atoms with Crippen molar-refractivity contribution < 1.29 is 18.0 Å². The Morgan fingerprint density at radius 2 is 2.04 bits per heavy atom. The number of amides is 2. The molecule has 1 aromatic carbocycles. The van der Waals surface area contributed by atoms with Crippen LogP contribution in [0.25, 0.3) is 0 Å². The molecule has 25 heavy (non-hydrogen) atoms. The predicted molar refractivity (Wildman–Crippen MR) is 94.3 cm³/mol. The molecule has 0 saturated carbocycles. The maximum atomic E-state index is 12.7. The maximum Gasteiger partial charge on any atom is 0.245 e. The van der Waals surface area contributed by atoms with Crippen LogP contribution >= 0.6 is 0 Å². The molecule has 1 aromatic rings. The molecule has 0 spiro atoms. The average molecular weight is 362 g/mol. The number of sulfone groups is 1. The maximum absolute atomic E-state index is 12.7. The van der Waals surface area contributed by atoms with E-state index in [4.69, 9.17) is 0 Å². The van der Waals surface area contributed by atoms with E-state index in [1.807, 2.05) is 12.1 Å². The smallest absolute Gasteiger partial charge is 0.245 e. The van der Waals surface area contributed by atoms with Gasteiger partial charge in [0.1, 0.15) is 0 Å². The van der Waals surface area contributed by atoms with Gasteiger partial charge >= 0.3 is 0 Å². The minimum absolute atomic E-state index is 0.0145. The highest BCUT2D eigenvalue weighted by Crippen LogP contribution is 2.29. The molecule has 2 atom stereocenters. The monoisotopic (exact) mass is 362 g/mol. The van der Waals surface area contributed by atoms with Gasteiger partial charge < -0.3 is 10.2 Å². The van der Waals surface area contributed by atoms with Crippen molar-refractivity contribution in [3.8, 4) is 0 Å². The lowest BCUT2D eigenvalue weighted by Crippen LogP contribution is -2.47. The van der Waals surface area contributed by atoms with Crippen LogP contribution in [-0.4, -0.2) is 44.0 Å². The van der Waals surface area contributed by atoms with Crippen molar-refractivity contribution in [2.45, 2.75) is 24.6 Å². The third kappa shape index (κ3) is 3.92. The molecule has 1 fully saturated rings. The molecule has 0 radical (unpaired) electrons. The van der Waals surface area contributed by atoms with Crippen LogP contribution in [0.2, 0.25) is 0 Å². The Balaban J connectivity index is 1.74. The number of nitrogens with zero attached hydrogens (tertiary/aromatic N) is 1. The first-order valence-electron chi connectivity index (χ1n) is 8.39. The van der Waals surface area contributed by atoms with Gasteiger partial charge in [0.05, 0.1) is 23.5 Å². The number of piperidine rings is 1. The van der Waals surface area contributed by atoms with E-state index >= 15 is 0 Å². The van der Waals surface area contributed by atoms with Gasteiger partial charge in [-0.25, -0.2) is 8.42 Å². The molecule has 7 heteroatoms. The van der Waals surface area contributed by atoms with E-state index in [2.05, 4.69) is 11.9 Å². The van der Waals surface area contributed by atoms with Gasteiger partial charge in [-0.2, -0.15) is 0 Å². The number of benzene rings is 1. The Bertz CT molecular complexity index is 803. The Labute approximate surface area is 147 Å². The summed E-state index contributed by atoms with van der Waals surface area (Å²) in [7, 11) is -3.24. The molecule has 1 N–H and O–H groups in total. The molecule has 1 saturated heterocycles. The topological polar surface area (TPSA) is 83.6 Å². The van der Waals surface area contributed by atoms with E-state index in [0.717, 1.165) is 17.5 Å². The van der Waals surface area contributed by atoms with Crippen LogP contribution in [-0.2, 0) is 25.2 Å². The van der Waals surface area contributed by atoms with E-state index in [1.54, 1.807) is 17.0 Å². The van der Waals surface area contributed by atoms with Crippen LogP contribution < -0.4 is 5.32 Å². The molecular formula is C18H22N2O4S. The van der Waals surface area contributed by atoms with Crippen molar-refractivity contribution in [2.75, 3.05) is 18.8 Å². The largest absolute Gasteiger partial charge is 0.348 e. The second-order valence-corrected chi connectivity index (χ2v) is 8.75. The number of likely N-dealkylation sites (tertiary alicyclic amines) is 1. The number of fused-ring (bicyclic) bond motifs is 1. The normalized spacial score (nSPS) is 24.9. The minimum Gasteiger partial charge on any atom is -0.348 e. The standard InChI is InChI=1S/C18H22N2O4S/c1-2-17(21)20-9-5-7-13(10-20)18(22)19-16-12-25(23,24)11-14-6-3-4-8-15(14)16/h2-4,6,8,13,16H,1,5,7,9-12H2,(H,19,22). The SMILES string of the molecule is C=CC(=O)N1CCCC(C(=O)NC2CS(=O)(=O)Cc3ccccc32)C1.